The van der Waals surface area contributed by atoms with Crippen LogP contribution in [0.25, 0.3) is 0 Å². The predicted octanol–water partition coefficient (Wildman–Crippen LogP) is -3.95. The van der Waals surface area contributed by atoms with Crippen molar-refractivity contribution in [3.63, 3.8) is 0 Å². The van der Waals surface area contributed by atoms with Crippen LogP contribution in [0.5, 0.6) is 0 Å². The molecule has 2 rings (SSSR count). The lowest BCUT2D eigenvalue weighted by Gasteiger charge is -2.38. The number of ether oxygens (including phenoxy) is 2. The third-order valence-electron chi connectivity index (χ3n) is 4.06. The third kappa shape index (κ3) is 3.36. The van der Waals surface area contributed by atoms with Crippen molar-refractivity contribution in [2.75, 3.05) is 6.61 Å². The van der Waals surface area contributed by atoms with Gasteiger partial charge in [0.15, 0.2) is 6.29 Å². The Labute approximate surface area is 121 Å². The van der Waals surface area contributed by atoms with Crippen molar-refractivity contribution in [1.29, 1.82) is 0 Å². The molecule has 2 aliphatic heterocycles. The first-order valence-electron chi connectivity index (χ1n) is 6.87. The Bertz CT molecular complexity index is 341. The maximum absolute atomic E-state index is 9.78. The summed E-state index contributed by atoms with van der Waals surface area (Å²) >= 11 is 0. The van der Waals surface area contributed by atoms with Gasteiger partial charge in [-0.3, -0.25) is 0 Å². The van der Waals surface area contributed by atoms with E-state index in [0.29, 0.717) is 0 Å². The van der Waals surface area contributed by atoms with Gasteiger partial charge in [0.2, 0.25) is 0 Å². The molecule has 0 saturated carbocycles. The van der Waals surface area contributed by atoms with Crippen molar-refractivity contribution < 1.29 is 45.2 Å². The minimum atomic E-state index is -1.61. The number of aliphatic hydroxyl groups is 7. The predicted molar refractivity (Wildman–Crippen MR) is 65.9 cm³/mol. The van der Waals surface area contributed by atoms with Crippen LogP contribution in [0.4, 0.5) is 0 Å². The number of aliphatic hydroxyl groups excluding tert-OH is 7. The van der Waals surface area contributed by atoms with Gasteiger partial charge in [-0.2, -0.15) is 0 Å². The second kappa shape index (κ2) is 6.82. The molecule has 9 heteroatoms. The van der Waals surface area contributed by atoms with Crippen molar-refractivity contribution in [2.45, 2.75) is 68.0 Å². The van der Waals surface area contributed by atoms with Crippen LogP contribution < -0.4 is 0 Å². The molecule has 0 spiro atoms. The molecule has 7 N–H and O–H groups in total. The van der Waals surface area contributed by atoms with Crippen molar-refractivity contribution in [3.05, 3.63) is 0 Å². The maximum Gasteiger partial charge on any atom is 0.183 e. The lowest BCUT2D eigenvalue weighted by molar-refractivity contribution is -0.283. The van der Waals surface area contributed by atoms with Gasteiger partial charge in [-0.15, -0.1) is 0 Å². The lowest BCUT2D eigenvalue weighted by atomic mass is 9.94. The van der Waals surface area contributed by atoms with Crippen molar-refractivity contribution in [2.24, 2.45) is 0 Å². The van der Waals surface area contributed by atoms with Crippen LogP contribution in [0.15, 0.2) is 0 Å². The van der Waals surface area contributed by atoms with Crippen LogP contribution >= 0.6 is 0 Å². The van der Waals surface area contributed by atoms with Gasteiger partial charge >= 0.3 is 0 Å². The van der Waals surface area contributed by atoms with E-state index in [4.69, 9.17) is 14.6 Å². The SMILES string of the molecule is OC[C@H]1O[C@@H](CC[C@H]2O[C@H](O)[C@H](O)[C@@H](O)[C@H]2O)[C@H](O)[C@@H]1O. The maximum atomic E-state index is 9.78. The number of hydrogen-bond acceptors (Lipinski definition) is 9. The molecule has 0 radical (unpaired) electrons. The lowest BCUT2D eigenvalue weighted by Crippen LogP contribution is -2.57. The molecule has 2 saturated heterocycles. The molecule has 2 fully saturated rings. The van der Waals surface area contributed by atoms with Gasteiger partial charge < -0.3 is 45.2 Å². The first-order valence-corrected chi connectivity index (χ1v) is 6.87. The smallest absolute Gasteiger partial charge is 0.183 e. The molecule has 0 bridgehead atoms. The molecule has 9 nitrogen and oxygen atoms in total. The summed E-state index contributed by atoms with van der Waals surface area (Å²) in [7, 11) is 0. The van der Waals surface area contributed by atoms with Gasteiger partial charge in [0, 0.05) is 0 Å². The molecular weight excluding hydrogens is 288 g/mol. The zero-order valence-corrected chi connectivity index (χ0v) is 11.3. The zero-order chi connectivity index (χ0) is 15.7. The first-order chi connectivity index (χ1) is 9.86. The fraction of sp³-hybridized carbons (Fsp3) is 1.00. The number of hydrogen-bond donors (Lipinski definition) is 7. The molecule has 0 aromatic carbocycles. The summed E-state index contributed by atoms with van der Waals surface area (Å²) < 4.78 is 10.3. The Morgan fingerprint density at radius 3 is 1.57 bits per heavy atom. The van der Waals surface area contributed by atoms with E-state index in [1.54, 1.807) is 0 Å². The Morgan fingerprint density at radius 2 is 1.05 bits per heavy atom. The van der Waals surface area contributed by atoms with E-state index >= 15 is 0 Å². The Balaban J connectivity index is 1.88. The summed E-state index contributed by atoms with van der Waals surface area (Å²) in [6.45, 7) is -0.430. The van der Waals surface area contributed by atoms with Crippen LogP contribution in [-0.2, 0) is 9.47 Å². The summed E-state index contributed by atoms with van der Waals surface area (Å²) in [5.74, 6) is 0. The highest BCUT2D eigenvalue weighted by Gasteiger charge is 2.45. The highest BCUT2D eigenvalue weighted by molar-refractivity contribution is 4.93. The van der Waals surface area contributed by atoms with Gasteiger partial charge in [-0.1, -0.05) is 0 Å². The fourth-order valence-electron chi connectivity index (χ4n) is 2.71. The van der Waals surface area contributed by atoms with Crippen LogP contribution in [0, 0.1) is 0 Å². The quantitative estimate of drug-likeness (QED) is 0.275. The highest BCUT2D eigenvalue weighted by Crippen LogP contribution is 2.28. The van der Waals surface area contributed by atoms with Gasteiger partial charge in [0.1, 0.15) is 36.6 Å². The summed E-state index contributed by atoms with van der Waals surface area (Å²) in [6.07, 6.45) is -10.8. The normalized spacial score (nSPS) is 51.3. The summed E-state index contributed by atoms with van der Waals surface area (Å²) in [6, 6.07) is 0. The minimum Gasteiger partial charge on any atom is -0.394 e. The molecule has 2 heterocycles. The van der Waals surface area contributed by atoms with E-state index in [0.717, 1.165) is 0 Å². The molecule has 0 amide bonds. The third-order valence-corrected chi connectivity index (χ3v) is 4.06. The van der Waals surface area contributed by atoms with E-state index in [9.17, 15) is 30.6 Å². The van der Waals surface area contributed by atoms with E-state index in [1.165, 1.54) is 0 Å². The van der Waals surface area contributed by atoms with E-state index in [2.05, 4.69) is 0 Å². The summed E-state index contributed by atoms with van der Waals surface area (Å²) in [4.78, 5) is 0. The van der Waals surface area contributed by atoms with Crippen molar-refractivity contribution >= 4 is 0 Å². The molecule has 0 aliphatic carbocycles. The molecule has 124 valence electrons. The number of rotatable bonds is 4. The Kier molecular flexibility index (Phi) is 5.52. The Morgan fingerprint density at radius 1 is 0.571 bits per heavy atom. The van der Waals surface area contributed by atoms with Crippen molar-refractivity contribution in [1.82, 2.24) is 0 Å². The fourth-order valence-corrected chi connectivity index (χ4v) is 2.71. The largest absolute Gasteiger partial charge is 0.394 e. The zero-order valence-electron chi connectivity index (χ0n) is 11.3. The van der Waals surface area contributed by atoms with Gasteiger partial charge in [0.05, 0.1) is 18.8 Å². The standard InChI is InChI=1S/C12H22O9/c13-3-6-9(16)7(14)4(20-6)1-2-5-8(15)10(17)11(18)12(19)21-5/h4-19H,1-3H2/t4-,5+,6+,7-,8-,9+,10-,11+,12-/m0/s1. The Hall–Kier alpha value is -0.360. The summed E-state index contributed by atoms with van der Waals surface area (Å²) in [5.41, 5.74) is 0. The van der Waals surface area contributed by atoms with E-state index in [-0.39, 0.29) is 12.8 Å². The van der Waals surface area contributed by atoms with Gasteiger partial charge in [-0.25, -0.2) is 0 Å². The first kappa shape index (κ1) is 17.0. The van der Waals surface area contributed by atoms with Gasteiger partial charge in [0.25, 0.3) is 0 Å². The van der Waals surface area contributed by atoms with Gasteiger partial charge in [-0.05, 0) is 12.8 Å². The summed E-state index contributed by atoms with van der Waals surface area (Å²) in [5, 5.41) is 66.4. The monoisotopic (exact) mass is 310 g/mol. The van der Waals surface area contributed by atoms with Crippen molar-refractivity contribution in [3.8, 4) is 0 Å². The van der Waals surface area contributed by atoms with E-state index in [1.807, 2.05) is 0 Å². The molecule has 21 heavy (non-hydrogen) atoms. The second-order valence-electron chi connectivity index (χ2n) is 5.49. The molecule has 0 aromatic heterocycles. The van der Waals surface area contributed by atoms with Crippen LogP contribution in [0.2, 0.25) is 0 Å². The average molecular weight is 310 g/mol. The van der Waals surface area contributed by atoms with E-state index < -0.39 is 61.7 Å². The molecule has 2 aliphatic rings. The second-order valence-corrected chi connectivity index (χ2v) is 5.49. The topological polar surface area (TPSA) is 160 Å². The molecular formula is C12H22O9. The average Bonchev–Trinajstić information content (AvgIpc) is 2.75. The van der Waals surface area contributed by atoms with Crippen LogP contribution in [0.1, 0.15) is 12.8 Å². The molecule has 9 atom stereocenters. The van der Waals surface area contributed by atoms with Crippen LogP contribution in [-0.4, -0.2) is 97.5 Å². The molecule has 0 unspecified atom stereocenters. The molecule has 0 aromatic rings. The highest BCUT2D eigenvalue weighted by atomic mass is 16.6. The van der Waals surface area contributed by atoms with Crippen LogP contribution in [0.3, 0.4) is 0 Å². The minimum absolute atomic E-state index is 0.120.